The highest BCUT2D eigenvalue weighted by molar-refractivity contribution is 5.96. The van der Waals surface area contributed by atoms with Crippen LogP contribution in [0.3, 0.4) is 0 Å². The first-order chi connectivity index (χ1) is 11.7. The number of furan rings is 1. The van der Waals surface area contributed by atoms with Gasteiger partial charge >= 0.3 is 5.91 Å². The number of nitrogen functional groups attached to an aromatic ring is 1. The summed E-state index contributed by atoms with van der Waals surface area (Å²) in [7, 11) is 0. The van der Waals surface area contributed by atoms with E-state index in [2.05, 4.69) is 15.3 Å². The number of hydrogen-bond acceptors (Lipinski definition) is 6. The van der Waals surface area contributed by atoms with Crippen molar-refractivity contribution in [2.75, 3.05) is 5.73 Å². The summed E-state index contributed by atoms with van der Waals surface area (Å²) in [6.45, 7) is 0. The molecule has 116 valence electrons. The molecule has 0 radical (unpaired) electrons. The van der Waals surface area contributed by atoms with Crippen molar-refractivity contribution in [3.8, 4) is 17.5 Å². The van der Waals surface area contributed by atoms with E-state index in [9.17, 15) is 4.79 Å². The highest BCUT2D eigenvalue weighted by Crippen LogP contribution is 2.27. The molecule has 0 saturated carbocycles. The standard InChI is InChI=1S/C16H10N6O2/c17-7-10-8-19-22(15(10)18)16(23)12-6-11(20-21-12)14-5-9-3-1-2-4-13(9)24-14/h1-6,8H,18H2,(H,20,21). The lowest BCUT2D eigenvalue weighted by Crippen LogP contribution is -2.16. The number of para-hydroxylation sites is 1. The van der Waals surface area contributed by atoms with E-state index in [1.165, 1.54) is 6.20 Å². The highest BCUT2D eigenvalue weighted by Gasteiger charge is 2.19. The lowest BCUT2D eigenvalue weighted by Gasteiger charge is -1.98. The minimum absolute atomic E-state index is 0.0178. The second kappa shape index (κ2) is 5.10. The zero-order valence-corrected chi connectivity index (χ0v) is 12.2. The van der Waals surface area contributed by atoms with E-state index in [1.54, 1.807) is 6.07 Å². The Morgan fingerprint density at radius 2 is 2.17 bits per heavy atom. The number of hydrogen-bond donors (Lipinski definition) is 2. The molecule has 0 unspecified atom stereocenters. The van der Waals surface area contributed by atoms with Crippen molar-refractivity contribution in [2.45, 2.75) is 0 Å². The van der Waals surface area contributed by atoms with Crippen molar-refractivity contribution in [3.63, 3.8) is 0 Å². The number of fused-ring (bicyclic) bond motifs is 1. The van der Waals surface area contributed by atoms with Gasteiger partial charge in [0.25, 0.3) is 0 Å². The highest BCUT2D eigenvalue weighted by atomic mass is 16.3. The molecule has 0 aliphatic heterocycles. The number of aromatic amines is 1. The number of benzene rings is 1. The number of carbonyl (C=O) groups excluding carboxylic acids is 1. The molecule has 0 aliphatic rings. The van der Waals surface area contributed by atoms with Gasteiger partial charge in [-0.25, -0.2) is 0 Å². The molecule has 8 nitrogen and oxygen atoms in total. The first kappa shape index (κ1) is 13.8. The maximum absolute atomic E-state index is 12.4. The summed E-state index contributed by atoms with van der Waals surface area (Å²) in [4.78, 5) is 12.4. The lowest BCUT2D eigenvalue weighted by atomic mass is 10.2. The molecule has 0 spiro atoms. The number of H-pyrrole nitrogens is 1. The molecule has 3 heterocycles. The van der Waals surface area contributed by atoms with Gasteiger partial charge in [-0.3, -0.25) is 9.89 Å². The lowest BCUT2D eigenvalue weighted by molar-refractivity contribution is 0.0943. The Balaban J connectivity index is 1.70. The Kier molecular flexibility index (Phi) is 2.93. The van der Waals surface area contributed by atoms with Crippen molar-refractivity contribution < 1.29 is 9.21 Å². The van der Waals surface area contributed by atoms with E-state index in [4.69, 9.17) is 15.4 Å². The van der Waals surface area contributed by atoms with Gasteiger partial charge in [-0.05, 0) is 12.1 Å². The van der Waals surface area contributed by atoms with E-state index in [0.29, 0.717) is 11.5 Å². The number of rotatable bonds is 2. The summed E-state index contributed by atoms with van der Waals surface area (Å²) in [6.07, 6.45) is 1.24. The minimum atomic E-state index is -0.535. The first-order valence-electron chi connectivity index (χ1n) is 7.00. The van der Waals surface area contributed by atoms with Crippen LogP contribution in [0, 0.1) is 11.3 Å². The van der Waals surface area contributed by atoms with Crippen LogP contribution in [0.15, 0.2) is 47.0 Å². The van der Waals surface area contributed by atoms with E-state index in [0.717, 1.165) is 15.7 Å². The van der Waals surface area contributed by atoms with Crippen molar-refractivity contribution >= 4 is 22.7 Å². The Hall–Kier alpha value is -3.86. The maximum atomic E-state index is 12.4. The van der Waals surface area contributed by atoms with E-state index >= 15 is 0 Å². The van der Waals surface area contributed by atoms with Crippen LogP contribution < -0.4 is 5.73 Å². The summed E-state index contributed by atoms with van der Waals surface area (Å²) in [5.74, 6) is 0.0114. The number of anilines is 1. The number of nitrogens with two attached hydrogens (primary N) is 1. The van der Waals surface area contributed by atoms with Crippen molar-refractivity contribution in [3.05, 3.63) is 53.9 Å². The molecule has 3 aromatic heterocycles. The van der Waals surface area contributed by atoms with Crippen LogP contribution in [0.5, 0.6) is 0 Å². The fraction of sp³-hybridized carbons (Fsp3) is 0. The van der Waals surface area contributed by atoms with Gasteiger partial charge in [-0.1, -0.05) is 18.2 Å². The molecule has 1 aromatic carbocycles. The topological polar surface area (TPSA) is 127 Å². The van der Waals surface area contributed by atoms with Gasteiger partial charge in [0.05, 0.1) is 6.20 Å². The van der Waals surface area contributed by atoms with Crippen molar-refractivity contribution in [2.24, 2.45) is 0 Å². The van der Waals surface area contributed by atoms with Crippen LogP contribution in [0.2, 0.25) is 0 Å². The van der Waals surface area contributed by atoms with Crippen LogP contribution >= 0.6 is 0 Å². The molecule has 24 heavy (non-hydrogen) atoms. The molecular weight excluding hydrogens is 308 g/mol. The molecule has 8 heteroatoms. The average Bonchev–Trinajstić information content (AvgIpc) is 3.31. The molecule has 4 rings (SSSR count). The number of carbonyl (C=O) groups is 1. The van der Waals surface area contributed by atoms with Gasteiger partial charge in [0, 0.05) is 11.5 Å². The third kappa shape index (κ3) is 2.04. The van der Waals surface area contributed by atoms with E-state index < -0.39 is 5.91 Å². The molecule has 0 saturated heterocycles. The number of nitriles is 1. The number of nitrogens with one attached hydrogen (secondary N) is 1. The maximum Gasteiger partial charge on any atom is 0.300 e. The van der Waals surface area contributed by atoms with E-state index in [-0.39, 0.29) is 17.1 Å². The van der Waals surface area contributed by atoms with Crippen molar-refractivity contribution in [1.82, 2.24) is 20.0 Å². The summed E-state index contributed by atoms with van der Waals surface area (Å²) < 4.78 is 6.67. The third-order valence-electron chi connectivity index (χ3n) is 3.61. The fourth-order valence-corrected chi connectivity index (χ4v) is 2.39. The normalized spacial score (nSPS) is 10.8. The fourth-order valence-electron chi connectivity index (χ4n) is 2.39. The van der Waals surface area contributed by atoms with Crippen LogP contribution in [0.4, 0.5) is 5.82 Å². The van der Waals surface area contributed by atoms with Crippen LogP contribution in [-0.2, 0) is 0 Å². The Bertz CT molecular complexity index is 1080. The SMILES string of the molecule is N#Cc1cnn(C(=O)c2cc(-c3cc4ccccc4o3)[nH]n2)c1N. The molecule has 0 bridgehead atoms. The third-order valence-corrected chi connectivity index (χ3v) is 3.61. The molecule has 0 amide bonds. The van der Waals surface area contributed by atoms with Crippen molar-refractivity contribution in [1.29, 1.82) is 5.26 Å². The molecule has 4 aromatic rings. The first-order valence-corrected chi connectivity index (χ1v) is 7.00. The predicted octanol–water partition coefficient (Wildman–Crippen LogP) is 2.16. The Morgan fingerprint density at radius 3 is 2.92 bits per heavy atom. The number of nitrogens with zero attached hydrogens (tertiary/aromatic N) is 4. The molecule has 3 N–H and O–H groups in total. The van der Waals surface area contributed by atoms with Gasteiger partial charge in [-0.15, -0.1) is 0 Å². The van der Waals surface area contributed by atoms with Gasteiger partial charge in [0.1, 0.15) is 28.7 Å². The summed E-state index contributed by atoms with van der Waals surface area (Å²) in [5, 5.41) is 20.4. The minimum Gasteiger partial charge on any atom is -0.454 e. The van der Waals surface area contributed by atoms with Gasteiger partial charge < -0.3 is 10.2 Å². The quantitative estimate of drug-likeness (QED) is 0.583. The van der Waals surface area contributed by atoms with Crippen LogP contribution in [-0.4, -0.2) is 25.9 Å². The summed E-state index contributed by atoms with van der Waals surface area (Å²) in [6, 6.07) is 12.8. The second-order valence-electron chi connectivity index (χ2n) is 5.09. The van der Waals surface area contributed by atoms with E-state index in [1.807, 2.05) is 36.4 Å². The largest absolute Gasteiger partial charge is 0.454 e. The predicted molar refractivity (Wildman–Crippen MR) is 84.9 cm³/mol. The molecule has 0 atom stereocenters. The zero-order chi connectivity index (χ0) is 16.7. The summed E-state index contributed by atoms with van der Waals surface area (Å²) >= 11 is 0. The Labute approximate surface area is 135 Å². The Morgan fingerprint density at radius 1 is 1.33 bits per heavy atom. The monoisotopic (exact) mass is 318 g/mol. The molecule has 0 fully saturated rings. The zero-order valence-electron chi connectivity index (χ0n) is 12.2. The van der Waals surface area contributed by atoms with Crippen LogP contribution in [0.25, 0.3) is 22.4 Å². The molecule has 0 aliphatic carbocycles. The summed E-state index contributed by atoms with van der Waals surface area (Å²) in [5.41, 5.74) is 7.27. The second-order valence-corrected chi connectivity index (χ2v) is 5.09. The van der Waals surface area contributed by atoms with Gasteiger partial charge in [0.15, 0.2) is 11.5 Å². The average molecular weight is 318 g/mol. The van der Waals surface area contributed by atoms with Gasteiger partial charge in [-0.2, -0.15) is 20.1 Å². The van der Waals surface area contributed by atoms with Gasteiger partial charge in [0.2, 0.25) is 0 Å². The van der Waals surface area contributed by atoms with Crippen LogP contribution in [0.1, 0.15) is 16.1 Å². The molecular formula is C16H10N6O2. The number of aromatic nitrogens is 4. The smallest absolute Gasteiger partial charge is 0.300 e.